The van der Waals surface area contributed by atoms with Gasteiger partial charge < -0.3 is 19.7 Å². The first-order valence-corrected chi connectivity index (χ1v) is 11.3. The lowest BCUT2D eigenvalue weighted by molar-refractivity contribution is -0.141. The highest BCUT2D eigenvalue weighted by Crippen LogP contribution is 2.36. The maximum Gasteiger partial charge on any atom is 0.336 e. The van der Waals surface area contributed by atoms with Gasteiger partial charge in [-0.05, 0) is 32.4 Å². The molecule has 0 bridgehead atoms. The number of carbonyl (C=O) groups is 3. The number of nitrogens with one attached hydrogen (secondary N) is 1. The highest BCUT2D eigenvalue weighted by atomic mass is 16.5. The van der Waals surface area contributed by atoms with Crippen molar-refractivity contribution in [3.8, 4) is 0 Å². The van der Waals surface area contributed by atoms with E-state index in [0.29, 0.717) is 17.8 Å². The van der Waals surface area contributed by atoms with Gasteiger partial charge in [0.1, 0.15) is 6.54 Å². The molecule has 1 saturated heterocycles. The summed E-state index contributed by atoms with van der Waals surface area (Å²) in [5.74, 6) is -1.23. The van der Waals surface area contributed by atoms with Gasteiger partial charge in [-0.15, -0.1) is 0 Å². The van der Waals surface area contributed by atoms with E-state index in [1.165, 1.54) is 4.90 Å². The molecule has 8 nitrogen and oxygen atoms in total. The van der Waals surface area contributed by atoms with Crippen molar-refractivity contribution in [2.45, 2.75) is 32.6 Å². The Morgan fingerprint density at radius 2 is 1.91 bits per heavy atom. The Hall–Kier alpha value is -2.71. The summed E-state index contributed by atoms with van der Waals surface area (Å²) < 4.78 is 10.6. The Balaban J connectivity index is 1.64. The minimum atomic E-state index is -0.442. The minimum absolute atomic E-state index is 0.105. The van der Waals surface area contributed by atoms with Crippen LogP contribution in [0.4, 0.5) is 0 Å². The van der Waals surface area contributed by atoms with Gasteiger partial charge in [0.15, 0.2) is 0 Å². The Kier molecular flexibility index (Phi) is 8.81. The highest BCUT2D eigenvalue weighted by Gasteiger charge is 2.37. The molecule has 1 aromatic rings. The molecule has 0 aliphatic carbocycles. The van der Waals surface area contributed by atoms with Crippen LogP contribution in [0.1, 0.15) is 38.2 Å². The lowest BCUT2D eigenvalue weighted by Gasteiger charge is -2.34. The van der Waals surface area contributed by atoms with E-state index in [1.807, 2.05) is 30.3 Å². The molecule has 1 atom stereocenters. The summed E-state index contributed by atoms with van der Waals surface area (Å²) >= 11 is 0. The van der Waals surface area contributed by atoms with Crippen molar-refractivity contribution in [2.24, 2.45) is 0 Å². The predicted octanol–water partition coefficient (Wildman–Crippen LogP) is 1.68. The summed E-state index contributed by atoms with van der Waals surface area (Å²) in [6.07, 6.45) is 0.957. The van der Waals surface area contributed by atoms with Crippen molar-refractivity contribution in [1.29, 1.82) is 0 Å². The van der Waals surface area contributed by atoms with Crippen LogP contribution in [0.15, 0.2) is 41.6 Å². The number of esters is 1. The van der Waals surface area contributed by atoms with E-state index in [4.69, 9.17) is 9.47 Å². The predicted molar refractivity (Wildman–Crippen MR) is 120 cm³/mol. The van der Waals surface area contributed by atoms with Crippen molar-refractivity contribution in [3.05, 3.63) is 47.2 Å². The largest absolute Gasteiger partial charge is 0.463 e. The van der Waals surface area contributed by atoms with Crippen molar-refractivity contribution in [2.75, 3.05) is 52.5 Å². The van der Waals surface area contributed by atoms with Crippen molar-refractivity contribution in [1.82, 2.24) is 15.1 Å². The van der Waals surface area contributed by atoms with Gasteiger partial charge in [-0.3, -0.25) is 14.5 Å². The van der Waals surface area contributed by atoms with Crippen LogP contribution in [-0.4, -0.2) is 80.1 Å². The Morgan fingerprint density at radius 3 is 2.59 bits per heavy atom. The number of benzene rings is 1. The second-order valence-electron chi connectivity index (χ2n) is 8.02. The summed E-state index contributed by atoms with van der Waals surface area (Å²) in [6, 6.07) is 9.47. The SMILES string of the molecule is CCOC(=O)C1=C(C)N(CC(=O)NCCCN2CCOCC2)C(=O)CC1c1ccccc1. The Morgan fingerprint density at radius 1 is 1.19 bits per heavy atom. The average molecular weight is 444 g/mol. The molecule has 2 heterocycles. The van der Waals surface area contributed by atoms with E-state index in [0.717, 1.165) is 44.8 Å². The number of hydrogen-bond acceptors (Lipinski definition) is 6. The quantitative estimate of drug-likeness (QED) is 0.462. The van der Waals surface area contributed by atoms with Crippen molar-refractivity contribution in [3.63, 3.8) is 0 Å². The normalized spacial score (nSPS) is 19.8. The maximum absolute atomic E-state index is 12.9. The number of carbonyl (C=O) groups excluding carboxylic acids is 3. The van der Waals surface area contributed by atoms with Crippen LogP contribution in [0.3, 0.4) is 0 Å². The number of ether oxygens (including phenoxy) is 2. The molecule has 0 radical (unpaired) electrons. The average Bonchev–Trinajstić information content (AvgIpc) is 2.80. The van der Waals surface area contributed by atoms with E-state index in [-0.39, 0.29) is 37.3 Å². The van der Waals surface area contributed by atoms with Gasteiger partial charge in [0.25, 0.3) is 0 Å². The smallest absolute Gasteiger partial charge is 0.336 e. The van der Waals surface area contributed by atoms with Crippen LogP contribution in [0.25, 0.3) is 0 Å². The zero-order valence-electron chi connectivity index (χ0n) is 19.0. The fourth-order valence-corrected chi connectivity index (χ4v) is 4.20. The topological polar surface area (TPSA) is 88.2 Å². The zero-order valence-corrected chi connectivity index (χ0v) is 19.0. The first-order valence-electron chi connectivity index (χ1n) is 11.3. The molecule has 1 fully saturated rings. The molecule has 3 rings (SSSR count). The molecule has 2 aliphatic heterocycles. The van der Waals surface area contributed by atoms with Crippen molar-refractivity contribution >= 4 is 17.8 Å². The lowest BCUT2D eigenvalue weighted by atomic mass is 9.83. The highest BCUT2D eigenvalue weighted by molar-refractivity contribution is 5.97. The third-order valence-electron chi connectivity index (χ3n) is 5.90. The zero-order chi connectivity index (χ0) is 22.9. The second kappa shape index (κ2) is 11.8. The third-order valence-corrected chi connectivity index (χ3v) is 5.90. The minimum Gasteiger partial charge on any atom is -0.463 e. The summed E-state index contributed by atoms with van der Waals surface area (Å²) in [4.78, 5) is 41.9. The van der Waals surface area contributed by atoms with Crippen LogP contribution in [0, 0.1) is 0 Å². The molecular formula is C24H33N3O5. The van der Waals surface area contributed by atoms with Gasteiger partial charge >= 0.3 is 5.97 Å². The second-order valence-corrected chi connectivity index (χ2v) is 8.02. The number of hydrogen-bond donors (Lipinski definition) is 1. The Labute approximate surface area is 189 Å². The van der Waals surface area contributed by atoms with E-state index < -0.39 is 5.97 Å². The van der Waals surface area contributed by atoms with Gasteiger partial charge in [0.05, 0.1) is 25.4 Å². The molecule has 2 amide bonds. The van der Waals surface area contributed by atoms with Gasteiger partial charge in [0.2, 0.25) is 11.8 Å². The number of nitrogens with zero attached hydrogens (tertiary/aromatic N) is 2. The summed E-state index contributed by atoms with van der Waals surface area (Å²) in [5, 5.41) is 2.89. The van der Waals surface area contributed by atoms with Gasteiger partial charge in [-0.1, -0.05) is 30.3 Å². The summed E-state index contributed by atoms with van der Waals surface area (Å²) in [5.41, 5.74) is 1.81. The number of allylic oxidation sites excluding steroid dienone is 1. The molecule has 1 N–H and O–H groups in total. The molecule has 2 aliphatic rings. The Bertz CT molecular complexity index is 833. The first kappa shape index (κ1) is 23.9. The van der Waals surface area contributed by atoms with Gasteiger partial charge in [0, 0.05) is 37.7 Å². The lowest BCUT2D eigenvalue weighted by Crippen LogP contribution is -2.44. The molecule has 8 heteroatoms. The van der Waals surface area contributed by atoms with Crippen molar-refractivity contribution < 1.29 is 23.9 Å². The van der Waals surface area contributed by atoms with Gasteiger partial charge in [-0.2, -0.15) is 0 Å². The molecule has 0 spiro atoms. The van der Waals surface area contributed by atoms with Crippen LogP contribution >= 0.6 is 0 Å². The van der Waals surface area contributed by atoms with E-state index in [9.17, 15) is 14.4 Å². The molecule has 0 aromatic heterocycles. The fourth-order valence-electron chi connectivity index (χ4n) is 4.20. The number of morpholine rings is 1. The molecule has 32 heavy (non-hydrogen) atoms. The molecule has 1 unspecified atom stereocenters. The van der Waals surface area contributed by atoms with Crippen LogP contribution in [0.2, 0.25) is 0 Å². The van der Waals surface area contributed by atoms with E-state index in [2.05, 4.69) is 10.2 Å². The monoisotopic (exact) mass is 443 g/mol. The van der Waals surface area contributed by atoms with Crippen LogP contribution < -0.4 is 5.32 Å². The van der Waals surface area contributed by atoms with Gasteiger partial charge in [-0.25, -0.2) is 4.79 Å². The molecular weight excluding hydrogens is 410 g/mol. The third kappa shape index (κ3) is 6.17. The first-order chi connectivity index (χ1) is 15.5. The molecule has 174 valence electrons. The molecule has 0 saturated carbocycles. The van der Waals surface area contributed by atoms with Crippen LogP contribution in [-0.2, 0) is 23.9 Å². The fraction of sp³-hybridized carbons (Fsp3) is 0.542. The molecule has 1 aromatic carbocycles. The maximum atomic E-state index is 12.9. The summed E-state index contributed by atoms with van der Waals surface area (Å²) in [7, 11) is 0. The van der Waals surface area contributed by atoms with E-state index >= 15 is 0 Å². The number of amides is 2. The standard InChI is InChI=1S/C24H33N3O5/c1-3-32-24(30)23-18(2)27(22(29)16-20(23)19-8-5-4-6-9-19)17-21(28)25-10-7-11-26-12-14-31-15-13-26/h4-6,8-9,20H,3,7,10-17H2,1-2H3,(H,25,28). The number of rotatable bonds is 9. The van der Waals surface area contributed by atoms with E-state index in [1.54, 1.807) is 13.8 Å². The van der Waals surface area contributed by atoms with Crippen LogP contribution in [0.5, 0.6) is 0 Å². The summed E-state index contributed by atoms with van der Waals surface area (Å²) in [6.45, 7) is 8.38.